The fourth-order valence-electron chi connectivity index (χ4n) is 5.28. The van der Waals surface area contributed by atoms with E-state index in [1.54, 1.807) is 13.8 Å². The number of ether oxygens (including phenoxy) is 3. The van der Waals surface area contributed by atoms with E-state index in [9.17, 15) is 24.3 Å². The van der Waals surface area contributed by atoms with Crippen LogP contribution in [0.2, 0.25) is 0 Å². The van der Waals surface area contributed by atoms with Crippen molar-refractivity contribution >= 4 is 23.3 Å². The maximum Gasteiger partial charge on any atom is 0.343 e. The molecule has 2 atom stereocenters. The van der Waals surface area contributed by atoms with Gasteiger partial charge in [0, 0.05) is 29.2 Å². The van der Waals surface area contributed by atoms with Gasteiger partial charge in [-0.25, -0.2) is 4.79 Å². The van der Waals surface area contributed by atoms with Crippen molar-refractivity contribution in [2.45, 2.75) is 91.6 Å². The first-order chi connectivity index (χ1) is 19.9. The Kier molecular flexibility index (Phi) is 13.2. The number of hydrogen-bond donors (Lipinski definition) is 3. The molecule has 1 aliphatic heterocycles. The van der Waals surface area contributed by atoms with E-state index in [1.165, 1.54) is 39.7 Å². The van der Waals surface area contributed by atoms with Gasteiger partial charge in [-0.2, -0.15) is 0 Å². The molecule has 3 N–H and O–H groups in total. The van der Waals surface area contributed by atoms with Gasteiger partial charge in [0.2, 0.25) is 23.1 Å². The van der Waals surface area contributed by atoms with E-state index in [4.69, 9.17) is 24.4 Å². The van der Waals surface area contributed by atoms with E-state index in [2.05, 4.69) is 0 Å². The minimum atomic E-state index is -1.43. The van der Waals surface area contributed by atoms with Crippen LogP contribution in [0.5, 0.6) is 0 Å². The third-order valence-corrected chi connectivity index (χ3v) is 7.96. The molecule has 2 aliphatic carbocycles. The molecule has 0 saturated heterocycles. The molecule has 0 bridgehead atoms. The van der Waals surface area contributed by atoms with Crippen molar-refractivity contribution in [1.82, 2.24) is 0 Å². The summed E-state index contributed by atoms with van der Waals surface area (Å²) in [4.78, 5) is 47.7. The van der Waals surface area contributed by atoms with Crippen LogP contribution < -0.4 is 0 Å². The minimum Gasteiger partial charge on any atom is -0.506 e. The van der Waals surface area contributed by atoms with E-state index < -0.39 is 23.1 Å². The molecule has 0 fully saturated rings. The second kappa shape index (κ2) is 16.1. The number of ketones is 3. The van der Waals surface area contributed by atoms with Crippen LogP contribution in [0.3, 0.4) is 0 Å². The quantitative estimate of drug-likeness (QED) is 0.149. The smallest absolute Gasteiger partial charge is 0.343 e. The zero-order chi connectivity index (χ0) is 31.6. The van der Waals surface area contributed by atoms with Crippen LogP contribution in [-0.2, 0) is 33.4 Å². The lowest BCUT2D eigenvalue weighted by Gasteiger charge is -2.33. The van der Waals surface area contributed by atoms with Crippen molar-refractivity contribution in [3.05, 3.63) is 57.0 Å². The van der Waals surface area contributed by atoms with Crippen molar-refractivity contribution in [1.29, 1.82) is 0 Å². The number of allylic oxidation sites excluding steroid dienone is 4. The van der Waals surface area contributed by atoms with Crippen LogP contribution in [0, 0.1) is 5.92 Å². The molecule has 232 valence electrons. The lowest BCUT2D eigenvalue weighted by atomic mass is 9.78. The molecule has 1 heterocycles. The minimum absolute atomic E-state index is 0.00614. The summed E-state index contributed by atoms with van der Waals surface area (Å²) in [6.45, 7) is 7.28. The monoisotopic (exact) mass is 588 g/mol. The Morgan fingerprint density at radius 2 is 1.36 bits per heavy atom. The first kappa shape index (κ1) is 34.5. The molecule has 3 aliphatic rings. The van der Waals surface area contributed by atoms with Gasteiger partial charge in [0.05, 0.1) is 26.1 Å². The van der Waals surface area contributed by atoms with Crippen LogP contribution in [-0.4, -0.2) is 65.6 Å². The highest BCUT2D eigenvalue weighted by atomic mass is 16.5. The SMILES string of the molecule is CC1=C2C(=CO[C@H](C)[C@H]2C)C(O)=C(C(=O)O)C1=O.COC1=C(OC)C(=O)C(CCCCCCCCCCO)=C(C)C1=O. The molecule has 0 amide bonds. The lowest BCUT2D eigenvalue weighted by Crippen LogP contribution is -2.31. The van der Waals surface area contributed by atoms with Crippen molar-refractivity contribution in [3.63, 3.8) is 0 Å². The van der Waals surface area contributed by atoms with E-state index in [1.807, 2.05) is 13.8 Å². The number of rotatable bonds is 13. The molecule has 10 nitrogen and oxygen atoms in total. The molecule has 0 aromatic heterocycles. The van der Waals surface area contributed by atoms with Crippen molar-refractivity contribution < 1.29 is 48.7 Å². The number of Topliss-reactive ketones (excluding diaryl/α,β-unsaturated/α-hetero) is 3. The number of aliphatic hydroxyl groups excluding tert-OH is 2. The predicted molar refractivity (Wildman–Crippen MR) is 155 cm³/mol. The number of fused-ring (bicyclic) bond motifs is 1. The number of carboxylic acid groups (broad SMARTS) is 1. The maximum atomic E-state index is 12.5. The van der Waals surface area contributed by atoms with Crippen LogP contribution in [0.25, 0.3) is 0 Å². The van der Waals surface area contributed by atoms with Crippen LogP contribution in [0.1, 0.15) is 85.5 Å². The summed E-state index contributed by atoms with van der Waals surface area (Å²) in [6.07, 6.45) is 10.4. The molecule has 0 radical (unpaired) electrons. The van der Waals surface area contributed by atoms with E-state index in [0.717, 1.165) is 32.1 Å². The molecule has 42 heavy (non-hydrogen) atoms. The highest BCUT2D eigenvalue weighted by molar-refractivity contribution is 6.26. The van der Waals surface area contributed by atoms with Gasteiger partial charge in [0.15, 0.2) is 5.78 Å². The highest BCUT2D eigenvalue weighted by Crippen LogP contribution is 2.40. The Bertz CT molecular complexity index is 1230. The lowest BCUT2D eigenvalue weighted by molar-refractivity contribution is -0.134. The maximum absolute atomic E-state index is 12.5. The number of carbonyl (C=O) groups is 4. The topological polar surface area (TPSA) is 157 Å². The van der Waals surface area contributed by atoms with Crippen LogP contribution in [0.4, 0.5) is 0 Å². The fraction of sp³-hybridized carbons (Fsp3) is 0.562. The number of carboxylic acids is 1. The van der Waals surface area contributed by atoms with Gasteiger partial charge in [-0.1, -0.05) is 45.4 Å². The second-order valence-electron chi connectivity index (χ2n) is 10.7. The Morgan fingerprint density at radius 3 is 1.88 bits per heavy atom. The van der Waals surface area contributed by atoms with Crippen LogP contribution >= 0.6 is 0 Å². The number of carbonyl (C=O) groups excluding carboxylic acids is 3. The first-order valence-corrected chi connectivity index (χ1v) is 14.4. The summed E-state index contributed by atoms with van der Waals surface area (Å²) in [7, 11) is 2.76. The largest absolute Gasteiger partial charge is 0.506 e. The van der Waals surface area contributed by atoms with Crippen LogP contribution in [0.15, 0.2) is 57.0 Å². The van der Waals surface area contributed by atoms with Gasteiger partial charge >= 0.3 is 5.97 Å². The molecule has 3 rings (SSSR count). The van der Waals surface area contributed by atoms with Gasteiger partial charge < -0.3 is 29.5 Å². The summed E-state index contributed by atoms with van der Waals surface area (Å²) in [5.41, 5.74) is 1.77. The van der Waals surface area contributed by atoms with Crippen molar-refractivity contribution in [2.75, 3.05) is 20.8 Å². The first-order valence-electron chi connectivity index (χ1n) is 14.4. The zero-order valence-electron chi connectivity index (χ0n) is 25.5. The number of hydrogen-bond acceptors (Lipinski definition) is 9. The number of methoxy groups -OCH3 is 2. The highest BCUT2D eigenvalue weighted by Gasteiger charge is 2.39. The fourth-order valence-corrected chi connectivity index (χ4v) is 5.28. The predicted octanol–water partition coefficient (Wildman–Crippen LogP) is 5.18. The van der Waals surface area contributed by atoms with E-state index in [0.29, 0.717) is 34.3 Å². The molecule has 0 aromatic carbocycles. The standard InChI is InChI=1S/C19H30O5.C13H14O5/c1-14-15(12-10-8-6-4-5-7-9-11-13-20)17(22)19(24-3)18(23-2)16(14)21;1-5-7(3)18-4-8-9(5)6(2)11(14)10(12(8)15)13(16)17/h20H,4-13H2,1-3H3;4-5,7,15H,1-3H3,(H,16,17)/t;5-,7-/m.1/s1. The van der Waals surface area contributed by atoms with Crippen molar-refractivity contribution in [2.24, 2.45) is 5.92 Å². The summed E-state index contributed by atoms with van der Waals surface area (Å²) in [5.74, 6) is -3.10. The summed E-state index contributed by atoms with van der Waals surface area (Å²) < 4.78 is 15.5. The Morgan fingerprint density at radius 1 is 0.833 bits per heavy atom. The molecular formula is C32H44O10. The third kappa shape index (κ3) is 7.79. The van der Waals surface area contributed by atoms with Gasteiger partial charge in [-0.3, -0.25) is 14.4 Å². The molecule has 10 heteroatoms. The normalized spacial score (nSPS) is 20.6. The summed E-state index contributed by atoms with van der Waals surface area (Å²) in [6, 6.07) is 0. The summed E-state index contributed by atoms with van der Waals surface area (Å²) >= 11 is 0. The average Bonchev–Trinajstić information content (AvgIpc) is 2.95. The van der Waals surface area contributed by atoms with Crippen molar-refractivity contribution in [3.8, 4) is 0 Å². The average molecular weight is 589 g/mol. The number of aliphatic hydroxyl groups is 2. The number of unbranched alkanes of at least 4 members (excludes halogenated alkanes) is 7. The molecule has 0 unspecified atom stereocenters. The Labute approximate surface area is 247 Å². The Balaban J connectivity index is 0.000000305. The summed E-state index contributed by atoms with van der Waals surface area (Å²) in [5, 5.41) is 27.6. The zero-order valence-corrected chi connectivity index (χ0v) is 25.5. The molecule has 0 spiro atoms. The molecular weight excluding hydrogens is 544 g/mol. The van der Waals surface area contributed by atoms with Gasteiger partial charge in [-0.05, 0) is 45.6 Å². The van der Waals surface area contributed by atoms with Gasteiger partial charge in [-0.15, -0.1) is 0 Å². The second-order valence-corrected chi connectivity index (χ2v) is 10.7. The van der Waals surface area contributed by atoms with E-state index >= 15 is 0 Å². The van der Waals surface area contributed by atoms with Gasteiger partial charge in [0.1, 0.15) is 17.4 Å². The van der Waals surface area contributed by atoms with Gasteiger partial charge in [0.25, 0.3) is 0 Å². The third-order valence-electron chi connectivity index (χ3n) is 7.96. The molecule has 0 saturated carbocycles. The Hall–Kier alpha value is -3.66. The molecule has 0 aromatic rings. The number of aliphatic carboxylic acids is 1. The van der Waals surface area contributed by atoms with E-state index in [-0.39, 0.29) is 41.7 Å².